The molecule has 6 heteroatoms. The summed E-state index contributed by atoms with van der Waals surface area (Å²) in [4.78, 5) is 20.8. The Morgan fingerprint density at radius 1 is 1.08 bits per heavy atom. The lowest BCUT2D eigenvalue weighted by Gasteiger charge is -2.15. The molecule has 0 saturated heterocycles. The maximum atomic E-state index is 12.5. The Morgan fingerprint density at radius 2 is 1.73 bits per heavy atom. The Hall–Kier alpha value is -2.37. The zero-order valence-corrected chi connectivity index (χ0v) is 16.0. The second-order valence-corrected chi connectivity index (χ2v) is 6.92. The van der Waals surface area contributed by atoms with Gasteiger partial charge in [-0.1, -0.05) is 78.0 Å². The summed E-state index contributed by atoms with van der Waals surface area (Å²) < 4.78 is 0. The predicted octanol–water partition coefficient (Wildman–Crippen LogP) is 5.01. The van der Waals surface area contributed by atoms with Crippen LogP contribution in [-0.4, -0.2) is 22.1 Å². The molecule has 0 spiro atoms. The van der Waals surface area contributed by atoms with Crippen LogP contribution in [0.2, 0.25) is 5.02 Å². The molecule has 2 aromatic carbocycles. The van der Waals surface area contributed by atoms with Crippen molar-refractivity contribution in [3.05, 3.63) is 77.1 Å². The number of hydrogen-bond acceptors (Lipinski definition) is 4. The minimum atomic E-state index is -0.313. The topological polar surface area (TPSA) is 54.9 Å². The SMILES string of the molecule is CSc1ncc(Cl)c(C(=O)N[C@@H](C)c2ccc(-c3ccccc3)cc2)n1. The number of nitrogens with zero attached hydrogens (tertiary/aromatic N) is 2. The quantitative estimate of drug-likeness (QED) is 0.497. The van der Waals surface area contributed by atoms with Crippen molar-refractivity contribution in [2.45, 2.75) is 18.1 Å². The van der Waals surface area contributed by atoms with E-state index in [-0.39, 0.29) is 22.7 Å². The van der Waals surface area contributed by atoms with Gasteiger partial charge in [0.25, 0.3) is 5.91 Å². The lowest BCUT2D eigenvalue weighted by molar-refractivity contribution is 0.0934. The second-order valence-electron chi connectivity index (χ2n) is 5.74. The lowest BCUT2D eigenvalue weighted by atomic mass is 10.0. The minimum absolute atomic E-state index is 0.170. The molecule has 3 rings (SSSR count). The predicted molar refractivity (Wildman–Crippen MR) is 107 cm³/mol. The highest BCUT2D eigenvalue weighted by Crippen LogP contribution is 2.22. The molecule has 26 heavy (non-hydrogen) atoms. The molecule has 132 valence electrons. The molecule has 1 heterocycles. The number of nitrogens with one attached hydrogen (secondary N) is 1. The molecule has 0 aliphatic carbocycles. The molecule has 0 radical (unpaired) electrons. The fraction of sp³-hybridized carbons (Fsp3) is 0.150. The van der Waals surface area contributed by atoms with Gasteiger partial charge in [-0.25, -0.2) is 9.97 Å². The molecule has 1 aromatic heterocycles. The third-order valence-corrected chi connectivity index (χ3v) is 4.82. The van der Waals surface area contributed by atoms with Crippen LogP contribution in [0, 0.1) is 0 Å². The minimum Gasteiger partial charge on any atom is -0.344 e. The van der Waals surface area contributed by atoms with E-state index < -0.39 is 0 Å². The van der Waals surface area contributed by atoms with E-state index in [4.69, 9.17) is 11.6 Å². The third kappa shape index (κ3) is 4.23. The average Bonchev–Trinajstić information content (AvgIpc) is 2.69. The highest BCUT2D eigenvalue weighted by atomic mass is 35.5. The summed E-state index contributed by atoms with van der Waals surface area (Å²) in [6.07, 6.45) is 3.30. The number of aromatic nitrogens is 2. The molecule has 0 unspecified atom stereocenters. The number of hydrogen-bond donors (Lipinski definition) is 1. The summed E-state index contributed by atoms with van der Waals surface area (Å²) in [5, 5.41) is 3.70. The largest absolute Gasteiger partial charge is 0.344 e. The Bertz CT molecular complexity index is 901. The van der Waals surface area contributed by atoms with Gasteiger partial charge in [-0.15, -0.1) is 0 Å². The molecule has 3 aromatic rings. The second kappa shape index (κ2) is 8.34. The average molecular weight is 384 g/mol. The number of amides is 1. The van der Waals surface area contributed by atoms with Crippen molar-refractivity contribution in [2.75, 3.05) is 6.26 Å². The Kier molecular flexibility index (Phi) is 5.91. The van der Waals surface area contributed by atoms with Crippen LogP contribution in [0.4, 0.5) is 0 Å². The van der Waals surface area contributed by atoms with Gasteiger partial charge >= 0.3 is 0 Å². The molecular formula is C20H18ClN3OS. The van der Waals surface area contributed by atoms with Crippen LogP contribution in [0.3, 0.4) is 0 Å². The van der Waals surface area contributed by atoms with Crippen molar-refractivity contribution in [2.24, 2.45) is 0 Å². The summed E-state index contributed by atoms with van der Waals surface area (Å²) >= 11 is 7.43. The van der Waals surface area contributed by atoms with Crippen molar-refractivity contribution in [3.63, 3.8) is 0 Å². The fourth-order valence-electron chi connectivity index (χ4n) is 2.55. The highest BCUT2D eigenvalue weighted by Gasteiger charge is 2.17. The van der Waals surface area contributed by atoms with Gasteiger partial charge < -0.3 is 5.32 Å². The van der Waals surface area contributed by atoms with Crippen molar-refractivity contribution >= 4 is 29.3 Å². The lowest BCUT2D eigenvalue weighted by Crippen LogP contribution is -2.28. The Balaban J connectivity index is 1.74. The molecule has 4 nitrogen and oxygen atoms in total. The summed E-state index contributed by atoms with van der Waals surface area (Å²) in [6.45, 7) is 1.93. The first-order valence-electron chi connectivity index (χ1n) is 8.11. The first-order valence-corrected chi connectivity index (χ1v) is 9.71. The highest BCUT2D eigenvalue weighted by molar-refractivity contribution is 7.98. The van der Waals surface area contributed by atoms with E-state index in [0.29, 0.717) is 5.16 Å². The van der Waals surface area contributed by atoms with E-state index >= 15 is 0 Å². The first kappa shape index (κ1) is 18.4. The number of carbonyl (C=O) groups is 1. The summed E-state index contributed by atoms with van der Waals surface area (Å²) in [7, 11) is 0. The summed E-state index contributed by atoms with van der Waals surface area (Å²) in [5.41, 5.74) is 3.50. The number of thioether (sulfide) groups is 1. The molecule has 0 aliphatic rings. The molecule has 1 atom stereocenters. The molecule has 1 amide bonds. The van der Waals surface area contributed by atoms with Crippen molar-refractivity contribution in [1.29, 1.82) is 0 Å². The van der Waals surface area contributed by atoms with Crippen molar-refractivity contribution in [1.82, 2.24) is 15.3 Å². The fourth-order valence-corrected chi connectivity index (χ4v) is 3.07. The van der Waals surface area contributed by atoms with E-state index in [0.717, 1.165) is 16.7 Å². The first-order chi connectivity index (χ1) is 12.6. The number of halogens is 1. The maximum absolute atomic E-state index is 12.5. The monoisotopic (exact) mass is 383 g/mol. The zero-order chi connectivity index (χ0) is 18.5. The normalized spacial score (nSPS) is 11.8. The molecule has 0 aliphatic heterocycles. The van der Waals surface area contributed by atoms with E-state index in [2.05, 4.69) is 39.6 Å². The summed E-state index contributed by atoms with van der Waals surface area (Å²) in [5.74, 6) is -0.313. The van der Waals surface area contributed by atoms with Gasteiger partial charge in [-0.05, 0) is 29.9 Å². The number of rotatable bonds is 5. The van der Waals surface area contributed by atoms with E-state index in [9.17, 15) is 4.79 Å². The summed E-state index contributed by atoms with van der Waals surface area (Å²) in [6, 6.07) is 18.1. The van der Waals surface area contributed by atoms with Crippen LogP contribution in [0.1, 0.15) is 29.0 Å². The van der Waals surface area contributed by atoms with Gasteiger partial charge in [-0.3, -0.25) is 4.79 Å². The number of carbonyl (C=O) groups excluding carboxylic acids is 1. The van der Waals surface area contributed by atoms with Crippen LogP contribution in [0.5, 0.6) is 0 Å². The number of benzene rings is 2. The van der Waals surface area contributed by atoms with Crippen LogP contribution < -0.4 is 5.32 Å². The van der Waals surface area contributed by atoms with Crippen LogP contribution in [0.15, 0.2) is 66.0 Å². The van der Waals surface area contributed by atoms with Crippen LogP contribution in [0.25, 0.3) is 11.1 Å². The van der Waals surface area contributed by atoms with Gasteiger partial charge in [-0.2, -0.15) is 0 Å². The zero-order valence-electron chi connectivity index (χ0n) is 14.4. The molecule has 0 fully saturated rings. The van der Waals surface area contributed by atoms with Crippen molar-refractivity contribution < 1.29 is 4.79 Å². The molecule has 1 N–H and O–H groups in total. The molecule has 0 bridgehead atoms. The standard InChI is InChI=1S/C20H18ClN3OS/c1-13(23-19(25)18-17(21)12-22-20(24-18)26-2)14-8-10-16(11-9-14)15-6-4-3-5-7-15/h3-13H,1-2H3,(H,23,25)/t13-/m0/s1. The molecule has 0 saturated carbocycles. The van der Waals surface area contributed by atoms with Gasteiger partial charge in [0.05, 0.1) is 17.3 Å². The van der Waals surface area contributed by atoms with E-state index in [1.807, 2.05) is 43.5 Å². The van der Waals surface area contributed by atoms with Gasteiger partial charge in [0.15, 0.2) is 10.9 Å². The Labute approximate surface area is 162 Å². The van der Waals surface area contributed by atoms with Gasteiger partial charge in [0.2, 0.25) is 0 Å². The third-order valence-electron chi connectivity index (χ3n) is 3.99. The molecular weight excluding hydrogens is 366 g/mol. The van der Waals surface area contributed by atoms with Gasteiger partial charge in [0.1, 0.15) is 0 Å². The Morgan fingerprint density at radius 3 is 2.38 bits per heavy atom. The maximum Gasteiger partial charge on any atom is 0.272 e. The van der Waals surface area contributed by atoms with E-state index in [1.165, 1.54) is 18.0 Å². The van der Waals surface area contributed by atoms with E-state index in [1.54, 1.807) is 0 Å². The van der Waals surface area contributed by atoms with Crippen molar-refractivity contribution in [3.8, 4) is 11.1 Å². The van der Waals surface area contributed by atoms with Crippen LogP contribution >= 0.6 is 23.4 Å². The van der Waals surface area contributed by atoms with Crippen LogP contribution in [-0.2, 0) is 0 Å². The smallest absolute Gasteiger partial charge is 0.272 e. The van der Waals surface area contributed by atoms with Gasteiger partial charge in [0, 0.05) is 0 Å².